The minimum absolute atomic E-state index is 0.119. The Bertz CT molecular complexity index is 1230. The van der Waals surface area contributed by atoms with Crippen LogP contribution in [0.3, 0.4) is 0 Å². The van der Waals surface area contributed by atoms with Crippen molar-refractivity contribution in [2.75, 3.05) is 0 Å². The van der Waals surface area contributed by atoms with Crippen molar-refractivity contribution in [2.24, 2.45) is 0 Å². The second-order valence-electron chi connectivity index (χ2n) is 10.6. The highest BCUT2D eigenvalue weighted by Gasteiger charge is 2.54. The van der Waals surface area contributed by atoms with Gasteiger partial charge in [0.15, 0.2) is 0 Å². The molecule has 1 fully saturated rings. The molecule has 192 valence electrons. The van der Waals surface area contributed by atoms with Crippen LogP contribution in [-0.2, 0) is 16.0 Å². The van der Waals surface area contributed by atoms with Gasteiger partial charge in [-0.05, 0) is 69.2 Å². The molecule has 2 aromatic carbocycles. The number of hydrazine groups is 1. The fraction of sp³-hybridized carbons (Fsp3) is 0.429. The van der Waals surface area contributed by atoms with Gasteiger partial charge in [-0.1, -0.05) is 49.4 Å². The van der Waals surface area contributed by atoms with E-state index in [-0.39, 0.29) is 12.0 Å². The lowest BCUT2D eigenvalue weighted by Gasteiger charge is -2.27. The lowest BCUT2D eigenvalue weighted by atomic mass is 9.93. The third kappa shape index (κ3) is 6.06. The van der Waals surface area contributed by atoms with Crippen LogP contribution in [0.5, 0.6) is 0 Å². The van der Waals surface area contributed by atoms with E-state index < -0.39 is 29.9 Å². The maximum atomic E-state index is 12.6. The Morgan fingerprint density at radius 1 is 1.14 bits per heavy atom. The molecule has 0 saturated carbocycles. The van der Waals surface area contributed by atoms with Crippen LogP contribution < -0.4 is 10.7 Å². The van der Waals surface area contributed by atoms with Crippen LogP contribution in [0.1, 0.15) is 56.7 Å². The number of hydrogen-bond acceptors (Lipinski definition) is 5. The molecule has 1 saturated heterocycles. The summed E-state index contributed by atoms with van der Waals surface area (Å²) in [5.74, 6) is -0.774. The molecule has 0 spiro atoms. The minimum Gasteiger partial charge on any atom is -0.480 e. The van der Waals surface area contributed by atoms with Crippen LogP contribution in [0.15, 0.2) is 54.7 Å². The highest BCUT2D eigenvalue weighted by atomic mass is 16.6. The third-order valence-corrected chi connectivity index (χ3v) is 6.59. The molecule has 1 aromatic heterocycles. The molecule has 0 radical (unpaired) electrons. The van der Waals surface area contributed by atoms with Crippen molar-refractivity contribution in [3.8, 4) is 0 Å². The highest BCUT2D eigenvalue weighted by Crippen LogP contribution is 2.33. The number of carboxylic acids is 1. The van der Waals surface area contributed by atoms with E-state index in [0.717, 1.165) is 16.5 Å². The molecule has 0 aliphatic carbocycles. The number of H-pyrrole nitrogens is 1. The summed E-state index contributed by atoms with van der Waals surface area (Å²) in [4.78, 5) is 28.0. The predicted octanol–water partition coefficient (Wildman–Crippen LogP) is 4.71. The molecule has 1 aliphatic rings. The number of aromatic amines is 1. The number of amides is 1. The number of aliphatic carboxylic acids is 1. The molecule has 3 unspecified atom stereocenters. The molecule has 5 atom stereocenters. The molecule has 0 bridgehead atoms. The maximum Gasteiger partial charge on any atom is 0.408 e. The Kier molecular flexibility index (Phi) is 7.38. The molecule has 2 heterocycles. The Balaban J connectivity index is 1.51. The van der Waals surface area contributed by atoms with Crippen LogP contribution in [0.2, 0.25) is 0 Å². The number of nitrogens with one attached hydrogen (secondary N) is 3. The summed E-state index contributed by atoms with van der Waals surface area (Å²) in [5.41, 5.74) is 7.11. The van der Waals surface area contributed by atoms with Crippen LogP contribution in [-0.4, -0.2) is 51.0 Å². The van der Waals surface area contributed by atoms with Gasteiger partial charge in [-0.3, -0.25) is 4.79 Å². The average Bonchev–Trinajstić information content (AvgIpc) is 3.30. The molecule has 3 aromatic rings. The standard InChI is InChI=1S/C28H36N4O4/c1-17-10-6-7-11-20(17)18(2)14-24(30-27(35)36-28(3,4)5)31-32-23(25(32)26(33)34)15-19-16-29-22-13-9-8-12-21(19)22/h6-13,16,18,23-25,29,31H,14-15H2,1-5H3,(H,30,35)(H,33,34)/t18?,23-,24?,25-,32?/m0/s1. The van der Waals surface area contributed by atoms with Gasteiger partial charge in [-0.15, -0.1) is 0 Å². The SMILES string of the molecule is Cc1ccccc1C(C)CC(NC(=O)OC(C)(C)C)NN1[C@H](C(=O)O)[C@@H]1Cc1c[nH]c2ccccc12. The molecule has 1 amide bonds. The first kappa shape index (κ1) is 25.7. The number of rotatable bonds is 9. The average molecular weight is 493 g/mol. The molecule has 4 rings (SSSR count). The summed E-state index contributed by atoms with van der Waals surface area (Å²) < 4.78 is 5.49. The van der Waals surface area contributed by atoms with Gasteiger partial charge in [0.1, 0.15) is 11.6 Å². The zero-order chi connectivity index (χ0) is 26.0. The van der Waals surface area contributed by atoms with Crippen molar-refractivity contribution in [3.63, 3.8) is 0 Å². The minimum atomic E-state index is -0.893. The van der Waals surface area contributed by atoms with E-state index in [1.165, 1.54) is 11.1 Å². The maximum absolute atomic E-state index is 12.6. The molecule has 8 nitrogen and oxygen atoms in total. The van der Waals surface area contributed by atoms with E-state index in [1.54, 1.807) is 5.01 Å². The van der Waals surface area contributed by atoms with Crippen molar-refractivity contribution < 1.29 is 19.4 Å². The summed E-state index contributed by atoms with van der Waals surface area (Å²) in [7, 11) is 0. The van der Waals surface area contributed by atoms with Crippen LogP contribution in [0.4, 0.5) is 4.79 Å². The summed E-state index contributed by atoms with van der Waals surface area (Å²) in [5, 5.41) is 15.6. The third-order valence-electron chi connectivity index (χ3n) is 6.59. The quantitative estimate of drug-likeness (QED) is 0.255. The number of aryl methyl sites for hydroxylation is 1. The first-order valence-electron chi connectivity index (χ1n) is 12.4. The number of carboxylic acid groups (broad SMARTS) is 1. The summed E-state index contributed by atoms with van der Waals surface area (Å²) in [6, 6.07) is 15.2. The molecule has 36 heavy (non-hydrogen) atoms. The second kappa shape index (κ2) is 10.3. The van der Waals surface area contributed by atoms with E-state index in [0.29, 0.717) is 12.8 Å². The smallest absolute Gasteiger partial charge is 0.408 e. The number of para-hydroxylation sites is 1. The summed E-state index contributed by atoms with van der Waals surface area (Å²) in [6.07, 6.45) is 2.02. The van der Waals surface area contributed by atoms with E-state index in [1.807, 2.05) is 63.4 Å². The van der Waals surface area contributed by atoms with Crippen molar-refractivity contribution in [3.05, 3.63) is 71.4 Å². The van der Waals surface area contributed by atoms with Crippen molar-refractivity contribution >= 4 is 23.0 Å². The van der Waals surface area contributed by atoms with Gasteiger partial charge in [-0.2, -0.15) is 0 Å². The van der Waals surface area contributed by atoms with Gasteiger partial charge in [-0.25, -0.2) is 15.2 Å². The number of benzene rings is 2. The number of fused-ring (bicyclic) bond motifs is 1. The number of carbonyl (C=O) groups excluding carboxylic acids is 1. The van der Waals surface area contributed by atoms with Crippen LogP contribution >= 0.6 is 0 Å². The molecular formula is C28H36N4O4. The van der Waals surface area contributed by atoms with Crippen molar-refractivity contribution in [2.45, 2.75) is 77.2 Å². The number of nitrogens with zero attached hydrogens (tertiary/aromatic N) is 1. The van der Waals surface area contributed by atoms with Gasteiger partial charge in [0, 0.05) is 17.1 Å². The number of aromatic nitrogens is 1. The fourth-order valence-corrected chi connectivity index (χ4v) is 4.87. The second-order valence-corrected chi connectivity index (χ2v) is 10.6. The number of hydrogen-bond donors (Lipinski definition) is 4. The van der Waals surface area contributed by atoms with Crippen LogP contribution in [0.25, 0.3) is 10.9 Å². The van der Waals surface area contributed by atoms with E-state index >= 15 is 0 Å². The molecular weight excluding hydrogens is 456 g/mol. The number of alkyl carbamates (subject to hydrolysis) is 1. The van der Waals surface area contributed by atoms with Gasteiger partial charge in [0.2, 0.25) is 0 Å². The summed E-state index contributed by atoms with van der Waals surface area (Å²) >= 11 is 0. The highest BCUT2D eigenvalue weighted by molar-refractivity contribution is 5.84. The van der Waals surface area contributed by atoms with Crippen molar-refractivity contribution in [1.29, 1.82) is 0 Å². The summed E-state index contributed by atoms with van der Waals surface area (Å²) in [6.45, 7) is 9.61. The first-order valence-corrected chi connectivity index (χ1v) is 12.4. The van der Waals surface area contributed by atoms with Gasteiger partial charge >= 0.3 is 12.1 Å². The number of carbonyl (C=O) groups is 2. The molecule has 8 heteroatoms. The zero-order valence-electron chi connectivity index (χ0n) is 21.5. The Morgan fingerprint density at radius 3 is 2.53 bits per heavy atom. The largest absolute Gasteiger partial charge is 0.480 e. The lowest BCUT2D eigenvalue weighted by molar-refractivity contribution is -0.137. The molecule has 4 N–H and O–H groups in total. The monoisotopic (exact) mass is 492 g/mol. The topological polar surface area (TPSA) is 106 Å². The first-order chi connectivity index (χ1) is 17.0. The Morgan fingerprint density at radius 2 is 1.83 bits per heavy atom. The lowest BCUT2D eigenvalue weighted by Crippen LogP contribution is -2.50. The fourth-order valence-electron chi connectivity index (χ4n) is 4.87. The predicted molar refractivity (Wildman–Crippen MR) is 140 cm³/mol. The molecule has 1 aliphatic heterocycles. The Labute approximate surface area is 212 Å². The van der Waals surface area contributed by atoms with Crippen LogP contribution in [0, 0.1) is 6.92 Å². The van der Waals surface area contributed by atoms with Gasteiger partial charge < -0.3 is 20.1 Å². The van der Waals surface area contributed by atoms with E-state index in [9.17, 15) is 14.7 Å². The van der Waals surface area contributed by atoms with E-state index in [4.69, 9.17) is 4.74 Å². The zero-order valence-corrected chi connectivity index (χ0v) is 21.5. The van der Waals surface area contributed by atoms with Gasteiger partial charge in [0.05, 0.1) is 12.2 Å². The Hall–Kier alpha value is -3.36. The van der Waals surface area contributed by atoms with Gasteiger partial charge in [0.25, 0.3) is 0 Å². The van der Waals surface area contributed by atoms with Crippen molar-refractivity contribution in [1.82, 2.24) is 20.7 Å². The number of ether oxygens (including phenoxy) is 1. The normalized spacial score (nSPS) is 21.1. The van der Waals surface area contributed by atoms with E-state index in [2.05, 4.69) is 41.7 Å².